The molecule has 1 aliphatic heterocycles. The number of benzene rings is 2. The van der Waals surface area contributed by atoms with Crippen LogP contribution in [0.25, 0.3) is 0 Å². The van der Waals surface area contributed by atoms with Gasteiger partial charge in [-0.3, -0.25) is 9.59 Å². The molecular weight excluding hydrogens is 470 g/mol. The summed E-state index contributed by atoms with van der Waals surface area (Å²) in [5.41, 5.74) is 1.94. The van der Waals surface area contributed by atoms with Gasteiger partial charge in [-0.2, -0.15) is 0 Å². The fraction of sp³-hybridized carbons (Fsp3) is 0.286. The smallest absolute Gasteiger partial charge is 0.241 e. The molecule has 1 atom stereocenters. The molecule has 0 radical (unpaired) electrons. The summed E-state index contributed by atoms with van der Waals surface area (Å²) in [7, 11) is 0. The summed E-state index contributed by atoms with van der Waals surface area (Å²) in [6.45, 7) is 5.56. The lowest BCUT2D eigenvalue weighted by molar-refractivity contribution is -0.129. The van der Waals surface area contributed by atoms with E-state index in [4.69, 9.17) is 9.47 Å². The largest absolute Gasteiger partial charge is 0.490 e. The van der Waals surface area contributed by atoms with Gasteiger partial charge < -0.3 is 14.8 Å². The number of halogens is 1. The van der Waals surface area contributed by atoms with Gasteiger partial charge in [-0.05, 0) is 37.3 Å². The van der Waals surface area contributed by atoms with Gasteiger partial charge in [0.25, 0.3) is 0 Å². The van der Waals surface area contributed by atoms with Crippen LogP contribution in [0.2, 0.25) is 0 Å². The highest BCUT2D eigenvalue weighted by molar-refractivity contribution is 9.10. The van der Waals surface area contributed by atoms with Crippen molar-refractivity contribution in [3.63, 3.8) is 0 Å². The second-order valence-corrected chi connectivity index (χ2v) is 8.60. The Morgan fingerprint density at radius 1 is 1.13 bits per heavy atom. The Hall–Kier alpha value is -2.52. The molecule has 0 saturated heterocycles. The number of carbonyl (C=O) groups excluding carboxylic acids is 2. The molecule has 1 N–H and O–H groups in total. The Kier molecular flexibility index (Phi) is 7.38. The lowest BCUT2D eigenvalue weighted by Crippen LogP contribution is -2.25. The van der Waals surface area contributed by atoms with Crippen molar-refractivity contribution in [2.75, 3.05) is 13.2 Å². The van der Waals surface area contributed by atoms with E-state index in [1.807, 2.05) is 49.4 Å². The second kappa shape index (κ2) is 9.99. The minimum Gasteiger partial charge on any atom is -0.490 e. The van der Waals surface area contributed by atoms with Crippen LogP contribution in [0.3, 0.4) is 0 Å². The number of rotatable bonds is 6. The Morgan fingerprint density at radius 3 is 2.50 bits per heavy atom. The van der Waals surface area contributed by atoms with Gasteiger partial charge in [0, 0.05) is 23.9 Å². The van der Waals surface area contributed by atoms with E-state index in [0.29, 0.717) is 24.1 Å². The zero-order valence-corrected chi connectivity index (χ0v) is 19.2. The lowest BCUT2D eigenvalue weighted by Gasteiger charge is -2.22. The fourth-order valence-corrected chi connectivity index (χ4v) is 4.29. The first kappa shape index (κ1) is 22.2. The Labute approximate surface area is 187 Å². The quantitative estimate of drug-likeness (QED) is 0.611. The van der Waals surface area contributed by atoms with Crippen LogP contribution in [0.4, 0.5) is 0 Å². The molecule has 7 nitrogen and oxygen atoms in total. The normalized spacial score (nSPS) is 15.5. The molecule has 1 heterocycles. The molecular formula is C21H22BrN3O4S. The number of aryl methyl sites for hydroxylation is 1. The lowest BCUT2D eigenvalue weighted by atomic mass is 10.2. The third-order valence-corrected chi connectivity index (χ3v) is 5.70. The highest BCUT2D eigenvalue weighted by atomic mass is 79.9. The van der Waals surface area contributed by atoms with Gasteiger partial charge in [0.1, 0.15) is 30.1 Å². The van der Waals surface area contributed by atoms with Crippen LogP contribution in [0.5, 0.6) is 11.5 Å². The molecule has 0 unspecified atom stereocenters. The standard InChI is InChI=1S/C21H22BrN3O4S/c1-13-4-7-17(8-5-13)28-10-11-29-19-9-6-16(22)12-18(19)20-25(15(3)27)24-21(30-20)23-14(2)26/h4-9,12,20H,10-11H2,1-3H3,(H,23,24,26)/t20-/m1/s1. The van der Waals surface area contributed by atoms with E-state index in [1.165, 1.54) is 36.2 Å². The third-order valence-electron chi connectivity index (χ3n) is 4.12. The average Bonchev–Trinajstić information content (AvgIpc) is 3.10. The molecule has 158 valence electrons. The van der Waals surface area contributed by atoms with Crippen molar-refractivity contribution < 1.29 is 19.1 Å². The summed E-state index contributed by atoms with van der Waals surface area (Å²) in [5, 5.41) is 8.14. The number of ether oxygens (including phenoxy) is 2. The van der Waals surface area contributed by atoms with Crippen LogP contribution in [-0.2, 0) is 9.59 Å². The molecule has 2 aromatic carbocycles. The summed E-state index contributed by atoms with van der Waals surface area (Å²) in [6.07, 6.45) is 0. The summed E-state index contributed by atoms with van der Waals surface area (Å²) < 4.78 is 12.5. The molecule has 0 fully saturated rings. The van der Waals surface area contributed by atoms with Crippen LogP contribution < -0.4 is 14.8 Å². The average molecular weight is 492 g/mol. The number of nitrogens with one attached hydrogen (secondary N) is 1. The first-order valence-electron chi connectivity index (χ1n) is 9.28. The van der Waals surface area contributed by atoms with E-state index in [1.54, 1.807) is 0 Å². The predicted molar refractivity (Wildman–Crippen MR) is 120 cm³/mol. The van der Waals surface area contributed by atoms with Gasteiger partial charge in [0.15, 0.2) is 5.17 Å². The molecule has 0 spiro atoms. The minimum atomic E-state index is -0.449. The van der Waals surface area contributed by atoms with E-state index < -0.39 is 5.37 Å². The van der Waals surface area contributed by atoms with Gasteiger partial charge in [-0.15, -0.1) is 5.10 Å². The molecule has 30 heavy (non-hydrogen) atoms. The van der Waals surface area contributed by atoms with E-state index in [0.717, 1.165) is 15.8 Å². The molecule has 3 rings (SSSR count). The summed E-state index contributed by atoms with van der Waals surface area (Å²) in [6, 6.07) is 13.4. The number of hydrazone groups is 1. The summed E-state index contributed by atoms with van der Waals surface area (Å²) >= 11 is 4.75. The number of hydrogen-bond acceptors (Lipinski definition) is 6. The fourth-order valence-electron chi connectivity index (χ4n) is 2.75. The number of carbonyl (C=O) groups is 2. The maximum Gasteiger partial charge on any atom is 0.241 e. The van der Waals surface area contributed by atoms with E-state index in [-0.39, 0.29) is 11.8 Å². The van der Waals surface area contributed by atoms with E-state index in [2.05, 4.69) is 26.3 Å². The van der Waals surface area contributed by atoms with Gasteiger partial charge >= 0.3 is 0 Å². The molecule has 0 aromatic heterocycles. The van der Waals surface area contributed by atoms with Crippen LogP contribution >= 0.6 is 27.7 Å². The molecule has 9 heteroatoms. The third kappa shape index (κ3) is 5.76. The molecule has 2 aromatic rings. The first-order chi connectivity index (χ1) is 14.3. The van der Waals surface area contributed by atoms with Crippen LogP contribution in [0, 0.1) is 6.92 Å². The summed E-state index contributed by atoms with van der Waals surface area (Å²) in [4.78, 5) is 23.5. The van der Waals surface area contributed by atoms with Crippen LogP contribution in [0.1, 0.15) is 30.3 Å². The Morgan fingerprint density at radius 2 is 1.83 bits per heavy atom. The molecule has 0 saturated carbocycles. The number of amidine groups is 1. The first-order valence-corrected chi connectivity index (χ1v) is 10.9. The van der Waals surface area contributed by atoms with Gasteiger partial charge in [-0.25, -0.2) is 5.01 Å². The predicted octanol–water partition coefficient (Wildman–Crippen LogP) is 4.22. The van der Waals surface area contributed by atoms with Gasteiger partial charge in [0.05, 0.1) is 0 Å². The van der Waals surface area contributed by atoms with Crippen LogP contribution in [0.15, 0.2) is 52.0 Å². The zero-order valence-electron chi connectivity index (χ0n) is 16.8. The summed E-state index contributed by atoms with van der Waals surface area (Å²) in [5.74, 6) is 0.919. The molecule has 2 amide bonds. The van der Waals surface area contributed by atoms with Crippen molar-refractivity contribution in [2.45, 2.75) is 26.1 Å². The topological polar surface area (TPSA) is 80.2 Å². The monoisotopic (exact) mass is 491 g/mol. The second-order valence-electron chi connectivity index (χ2n) is 6.61. The number of amides is 2. The van der Waals surface area contributed by atoms with Crippen molar-refractivity contribution in [2.24, 2.45) is 5.10 Å². The number of thioether (sulfide) groups is 1. The minimum absolute atomic E-state index is 0.235. The SMILES string of the molecule is CC(=O)NC1=NN(C(C)=O)[C@@H](c2cc(Br)ccc2OCCOc2ccc(C)cc2)S1. The van der Waals surface area contributed by atoms with Crippen LogP contribution in [-0.4, -0.2) is 35.2 Å². The zero-order chi connectivity index (χ0) is 21.7. The molecule has 1 aliphatic rings. The number of hydrogen-bond donors (Lipinski definition) is 1. The van der Waals surface area contributed by atoms with Crippen molar-refractivity contribution in [1.82, 2.24) is 10.3 Å². The van der Waals surface area contributed by atoms with Crippen molar-refractivity contribution in [3.05, 3.63) is 58.1 Å². The molecule has 0 aliphatic carbocycles. The maximum atomic E-state index is 12.1. The maximum absolute atomic E-state index is 12.1. The number of nitrogens with zero attached hydrogens (tertiary/aromatic N) is 2. The Balaban J connectivity index is 1.70. The highest BCUT2D eigenvalue weighted by Crippen LogP contribution is 2.43. The van der Waals surface area contributed by atoms with E-state index >= 15 is 0 Å². The molecule has 0 bridgehead atoms. The highest BCUT2D eigenvalue weighted by Gasteiger charge is 2.34. The van der Waals surface area contributed by atoms with Gasteiger partial charge in [0.2, 0.25) is 11.8 Å². The van der Waals surface area contributed by atoms with Crippen molar-refractivity contribution in [3.8, 4) is 11.5 Å². The van der Waals surface area contributed by atoms with E-state index in [9.17, 15) is 9.59 Å². The van der Waals surface area contributed by atoms with Gasteiger partial charge in [-0.1, -0.05) is 45.4 Å². The Bertz CT molecular complexity index is 965. The van der Waals surface area contributed by atoms with Crippen molar-refractivity contribution in [1.29, 1.82) is 0 Å². The van der Waals surface area contributed by atoms with Crippen molar-refractivity contribution >= 4 is 44.7 Å².